The van der Waals surface area contributed by atoms with Crippen molar-refractivity contribution in [3.05, 3.63) is 12.2 Å². The summed E-state index contributed by atoms with van der Waals surface area (Å²) in [5, 5.41) is 12.6. The molecule has 0 unspecified atom stereocenters. The summed E-state index contributed by atoms with van der Waals surface area (Å²) < 4.78 is 93.0. The first-order chi connectivity index (χ1) is 41.2. The monoisotopic (exact) mass is 1340 g/mol. The van der Waals surface area contributed by atoms with Crippen LogP contribution in [0.5, 0.6) is 0 Å². The first-order valence-electron chi connectivity index (χ1n) is 35.2. The summed E-state index contributed by atoms with van der Waals surface area (Å²) in [5.74, 6) is -3.88. The third kappa shape index (κ3) is 18.2. The highest BCUT2D eigenvalue weighted by Gasteiger charge is 2.62. The number of hydrogen-bond donors (Lipinski definition) is 1. The lowest BCUT2D eigenvalue weighted by Crippen LogP contribution is -2.62. The Morgan fingerprint density at radius 1 is 0.663 bits per heavy atom. The van der Waals surface area contributed by atoms with E-state index in [-0.39, 0.29) is 81.9 Å². The Morgan fingerprint density at radius 3 is 1.87 bits per heavy atom. The van der Waals surface area contributed by atoms with Crippen LogP contribution in [0.3, 0.4) is 0 Å². The van der Waals surface area contributed by atoms with Crippen LogP contribution in [-0.2, 0) is 65.1 Å². The standard InChI is InChI=1S/C69H129ClO15Si4/c1-24-89(25-2,26-3)84-63-61(72)47(5)30-31-54-60(70)58(74-17)44-68(78-54)37-33-48(6)69(85-68)45-57(53(80-69)35-39-75-86(18,19)64(7,8)9)77-59(71)43-50-29-27-28-49(76-50)40-51(82-87(20,21)65(10,11)12)41-52(83-88(22,23)66(13,14)15)42-56-46(4)32-36-67(79-56)38-34-55(73-16)62(63)81-67/h32,36,46-58,60-63,72H,24-31,33-35,37-45H2,1-23H3/t46-,47-,48-,49-,50+,51+,52-,53-,54+,55-,56+,57-,58+,60+,61-,62-,63-,67-,68+,69+/m0/s1. The molecule has 7 heterocycles. The Kier molecular flexibility index (Phi) is 25.6. The molecule has 20 atom stereocenters. The van der Waals surface area contributed by atoms with Crippen LogP contribution in [0.1, 0.15) is 207 Å². The van der Waals surface area contributed by atoms with Gasteiger partial charge >= 0.3 is 5.97 Å². The Balaban J connectivity index is 1.31. The van der Waals surface area contributed by atoms with Crippen molar-refractivity contribution in [3.63, 3.8) is 0 Å². The predicted molar refractivity (Wildman–Crippen MR) is 364 cm³/mol. The molecule has 89 heavy (non-hydrogen) atoms. The van der Waals surface area contributed by atoms with Crippen LogP contribution < -0.4 is 0 Å². The Morgan fingerprint density at radius 2 is 1.27 bits per heavy atom. The Bertz CT molecular complexity index is 2280. The average Bonchev–Trinajstić information content (AvgIpc) is 1.78. The molecular formula is C69H129ClO15Si4. The summed E-state index contributed by atoms with van der Waals surface area (Å²) in [4.78, 5) is 14.7. The summed E-state index contributed by atoms with van der Waals surface area (Å²) in [6.45, 7) is 48.2. The number of aliphatic hydroxyl groups excluding tert-OH is 1. The zero-order valence-corrected chi connectivity index (χ0v) is 64.9. The minimum atomic E-state index is -2.40. The van der Waals surface area contributed by atoms with Gasteiger partial charge in [-0.05, 0) is 155 Å². The Labute approximate surface area is 550 Å². The molecule has 3 spiro atoms. The summed E-state index contributed by atoms with van der Waals surface area (Å²) in [5.41, 5.74) is 0. The van der Waals surface area contributed by atoms with E-state index in [9.17, 15) is 9.90 Å². The zero-order chi connectivity index (χ0) is 66.1. The van der Waals surface area contributed by atoms with Gasteiger partial charge in [-0.25, -0.2) is 0 Å². The number of carbonyl (C=O) groups is 1. The second kappa shape index (κ2) is 29.9. The van der Waals surface area contributed by atoms with Gasteiger partial charge in [0.1, 0.15) is 24.4 Å². The molecule has 20 heteroatoms. The van der Waals surface area contributed by atoms with E-state index in [2.05, 4.69) is 155 Å². The van der Waals surface area contributed by atoms with Gasteiger partial charge in [-0.1, -0.05) is 110 Å². The molecule has 15 nitrogen and oxygen atoms in total. The summed E-state index contributed by atoms with van der Waals surface area (Å²) in [7, 11) is -5.81. The molecule has 0 aliphatic carbocycles. The number of aliphatic hydroxyl groups is 1. The van der Waals surface area contributed by atoms with Gasteiger partial charge in [0.25, 0.3) is 0 Å². The van der Waals surface area contributed by atoms with Crippen LogP contribution in [0, 0.1) is 17.8 Å². The van der Waals surface area contributed by atoms with Crippen molar-refractivity contribution in [2.75, 3.05) is 20.8 Å². The number of methoxy groups -OCH3 is 2. The van der Waals surface area contributed by atoms with E-state index in [4.69, 9.17) is 71.9 Å². The number of ether oxygens (including phenoxy) is 9. The lowest BCUT2D eigenvalue weighted by Gasteiger charge is -2.54. The van der Waals surface area contributed by atoms with Gasteiger partial charge < -0.3 is 65.4 Å². The van der Waals surface area contributed by atoms with Crippen molar-refractivity contribution in [2.24, 2.45) is 17.8 Å². The molecule has 6 fully saturated rings. The number of fused-ring (bicyclic) bond motifs is 6. The van der Waals surface area contributed by atoms with Crippen LogP contribution in [0.25, 0.3) is 0 Å². The molecular weight excluding hydrogens is 1220 g/mol. The SMILES string of the molecule is CC[Si](CC)(CC)O[C@H]1[C@@H](O)[C@@H](C)CC[C@H]2O[C@@]3(CC[C@H](C)[C@@]4(C[C@H](OC(=O)C[C@H]5CCC[C@@H](C[C@@H](O[Si](C)(C)C(C)(C)C)C[C@H](O[Si](C)(C)C(C)(C)C)C[C@H]6O[C@]7(C=C[C@@H]6C)CC[C@H](OC)[C@@H]1O7)O5)[C@H](CCO[Si](C)(C)C(C)(C)C)O4)O3)C[C@@H](OC)[C@@H]2Cl. The van der Waals surface area contributed by atoms with Crippen LogP contribution in [0.15, 0.2) is 12.2 Å². The van der Waals surface area contributed by atoms with Gasteiger partial charge in [-0.2, -0.15) is 0 Å². The van der Waals surface area contributed by atoms with Crippen LogP contribution >= 0.6 is 11.6 Å². The third-order valence-corrected chi connectivity index (χ3v) is 42.7. The highest BCUT2D eigenvalue weighted by molar-refractivity contribution is 6.75. The Hall–Kier alpha value is -0.152. The maximum absolute atomic E-state index is 14.7. The van der Waals surface area contributed by atoms with Gasteiger partial charge in [-0.15, -0.1) is 11.6 Å². The molecule has 0 aromatic carbocycles. The maximum Gasteiger partial charge on any atom is 0.308 e. The summed E-state index contributed by atoms with van der Waals surface area (Å²) in [6, 6.07) is 2.69. The van der Waals surface area contributed by atoms with Gasteiger partial charge in [0.05, 0.1) is 54.5 Å². The highest BCUT2D eigenvalue weighted by Crippen LogP contribution is 2.54. The first kappa shape index (κ1) is 76.2. The molecule has 7 rings (SSSR count). The molecule has 0 saturated carbocycles. The van der Waals surface area contributed by atoms with E-state index in [1.807, 2.05) is 0 Å². The fraction of sp³-hybridized carbons (Fsp3) is 0.957. The number of alkyl halides is 1. The molecule has 1 N–H and O–H groups in total. The van der Waals surface area contributed by atoms with E-state index in [0.717, 1.165) is 43.8 Å². The van der Waals surface area contributed by atoms with Gasteiger partial charge in [-0.3, -0.25) is 4.79 Å². The van der Waals surface area contributed by atoms with E-state index in [1.54, 1.807) is 14.2 Å². The number of carbonyl (C=O) groups excluding carboxylic acids is 1. The molecule has 6 saturated heterocycles. The van der Waals surface area contributed by atoms with Crippen molar-refractivity contribution < 1.29 is 70.2 Å². The van der Waals surface area contributed by atoms with E-state index < -0.39 is 98.7 Å². The quantitative estimate of drug-likeness (QED) is 0.0714. The van der Waals surface area contributed by atoms with E-state index >= 15 is 0 Å². The average molecular weight is 1350 g/mol. The second-order valence-corrected chi connectivity index (χ2v) is 52.9. The lowest BCUT2D eigenvalue weighted by molar-refractivity contribution is -0.414. The predicted octanol–water partition coefficient (Wildman–Crippen LogP) is 16.3. The smallest absolute Gasteiger partial charge is 0.308 e. The van der Waals surface area contributed by atoms with Gasteiger partial charge in [0.15, 0.2) is 50.6 Å². The zero-order valence-electron chi connectivity index (χ0n) is 60.2. The van der Waals surface area contributed by atoms with E-state index in [0.29, 0.717) is 77.2 Å². The molecule has 7 aliphatic rings. The molecule has 0 amide bonds. The van der Waals surface area contributed by atoms with Crippen LogP contribution in [0.4, 0.5) is 0 Å². The molecule has 0 aromatic heterocycles. The minimum absolute atomic E-state index is 0.0162. The second-order valence-electron chi connectivity index (χ2n) is 33.3. The minimum Gasteiger partial charge on any atom is -0.459 e. The molecule has 0 radical (unpaired) electrons. The molecule has 9 bridgehead atoms. The third-order valence-electron chi connectivity index (χ3n) is 23.9. The van der Waals surface area contributed by atoms with Crippen LogP contribution in [-0.4, -0.2) is 167 Å². The van der Waals surface area contributed by atoms with Gasteiger partial charge in [0, 0.05) is 70.6 Å². The molecule has 518 valence electrons. The normalized spacial score (nSPS) is 39.8. The van der Waals surface area contributed by atoms with Crippen molar-refractivity contribution in [3.8, 4) is 0 Å². The fourth-order valence-electron chi connectivity index (χ4n) is 14.4. The first-order valence-corrected chi connectivity index (χ1v) is 46.9. The highest BCUT2D eigenvalue weighted by atomic mass is 35.5. The molecule has 7 aliphatic heterocycles. The fourth-order valence-corrected chi connectivity index (χ4v) is 21.4. The number of halogens is 1. The lowest BCUT2D eigenvalue weighted by atomic mass is 9.82. The van der Waals surface area contributed by atoms with Gasteiger partial charge in [0.2, 0.25) is 0 Å². The summed E-state index contributed by atoms with van der Waals surface area (Å²) in [6.07, 6.45) is 8.31. The number of esters is 1. The summed E-state index contributed by atoms with van der Waals surface area (Å²) >= 11 is 7.46. The van der Waals surface area contributed by atoms with Crippen molar-refractivity contribution in [1.29, 1.82) is 0 Å². The largest absolute Gasteiger partial charge is 0.459 e. The van der Waals surface area contributed by atoms with Crippen LogP contribution in [0.2, 0.25) is 72.5 Å². The van der Waals surface area contributed by atoms with Crippen molar-refractivity contribution in [1.82, 2.24) is 0 Å². The molecule has 0 aromatic rings. The maximum atomic E-state index is 14.7. The van der Waals surface area contributed by atoms with Crippen molar-refractivity contribution >= 4 is 50.8 Å². The number of hydrogen-bond acceptors (Lipinski definition) is 15. The number of rotatable bonds is 15. The van der Waals surface area contributed by atoms with E-state index in [1.165, 1.54) is 0 Å². The van der Waals surface area contributed by atoms with Crippen molar-refractivity contribution in [2.45, 2.75) is 381 Å². The topological polar surface area (TPSA) is 157 Å².